The highest BCUT2D eigenvalue weighted by molar-refractivity contribution is 6.35. The standard InChI is InChI=1S/C16H16Cl2FN/c1-9-4-11(3)12(5-10(9)2)8-20-13-6-14(17)16(19)15(18)7-13/h4-7,20H,8H2,1-3H3. The number of hydrogen-bond donors (Lipinski definition) is 1. The van der Waals surface area contributed by atoms with Gasteiger partial charge in [0.05, 0.1) is 10.0 Å². The number of hydrogen-bond acceptors (Lipinski definition) is 1. The van der Waals surface area contributed by atoms with Crippen molar-refractivity contribution >= 4 is 28.9 Å². The van der Waals surface area contributed by atoms with Crippen molar-refractivity contribution in [2.24, 2.45) is 0 Å². The van der Waals surface area contributed by atoms with E-state index in [1.54, 1.807) is 12.1 Å². The number of aryl methyl sites for hydroxylation is 3. The molecule has 4 heteroatoms. The van der Waals surface area contributed by atoms with Crippen LogP contribution in [0.25, 0.3) is 0 Å². The first kappa shape index (κ1) is 15.1. The second-order valence-electron chi connectivity index (χ2n) is 4.97. The second-order valence-corrected chi connectivity index (χ2v) is 5.78. The van der Waals surface area contributed by atoms with E-state index in [2.05, 4.69) is 38.2 Å². The van der Waals surface area contributed by atoms with Gasteiger partial charge in [-0.1, -0.05) is 35.3 Å². The van der Waals surface area contributed by atoms with Crippen LogP contribution >= 0.6 is 23.2 Å². The van der Waals surface area contributed by atoms with E-state index in [1.165, 1.54) is 22.3 Å². The van der Waals surface area contributed by atoms with Gasteiger partial charge in [0.15, 0.2) is 5.82 Å². The summed E-state index contributed by atoms with van der Waals surface area (Å²) in [7, 11) is 0. The molecule has 0 unspecified atom stereocenters. The Morgan fingerprint density at radius 3 is 2.05 bits per heavy atom. The molecule has 0 aliphatic rings. The molecule has 0 aromatic heterocycles. The van der Waals surface area contributed by atoms with Gasteiger partial charge in [-0.2, -0.15) is 0 Å². The Kier molecular flexibility index (Phi) is 4.56. The Labute approximate surface area is 128 Å². The van der Waals surface area contributed by atoms with Crippen molar-refractivity contribution in [1.82, 2.24) is 0 Å². The molecule has 0 saturated heterocycles. The van der Waals surface area contributed by atoms with Gasteiger partial charge in [0.2, 0.25) is 0 Å². The maximum absolute atomic E-state index is 13.3. The molecule has 0 spiro atoms. The largest absolute Gasteiger partial charge is 0.381 e. The molecule has 0 bridgehead atoms. The number of nitrogens with one attached hydrogen (secondary N) is 1. The summed E-state index contributed by atoms with van der Waals surface area (Å²) < 4.78 is 13.3. The topological polar surface area (TPSA) is 12.0 Å². The first-order valence-electron chi connectivity index (χ1n) is 6.33. The van der Waals surface area contributed by atoms with E-state index in [-0.39, 0.29) is 10.0 Å². The molecule has 106 valence electrons. The van der Waals surface area contributed by atoms with Gasteiger partial charge in [0.25, 0.3) is 0 Å². The molecule has 20 heavy (non-hydrogen) atoms. The van der Waals surface area contributed by atoms with Gasteiger partial charge in [0, 0.05) is 12.2 Å². The smallest absolute Gasteiger partial charge is 0.160 e. The first-order valence-corrected chi connectivity index (χ1v) is 7.09. The molecule has 0 fully saturated rings. The third-order valence-corrected chi connectivity index (χ3v) is 3.97. The van der Waals surface area contributed by atoms with E-state index in [1.807, 2.05) is 0 Å². The summed E-state index contributed by atoms with van der Waals surface area (Å²) in [4.78, 5) is 0. The van der Waals surface area contributed by atoms with Crippen LogP contribution in [-0.4, -0.2) is 0 Å². The minimum Gasteiger partial charge on any atom is -0.381 e. The van der Waals surface area contributed by atoms with Gasteiger partial charge in [-0.15, -0.1) is 0 Å². The van der Waals surface area contributed by atoms with E-state index >= 15 is 0 Å². The van der Waals surface area contributed by atoms with Crippen LogP contribution in [0.2, 0.25) is 10.0 Å². The molecular formula is C16H16Cl2FN. The third kappa shape index (κ3) is 3.25. The summed E-state index contributed by atoms with van der Waals surface area (Å²) in [6.45, 7) is 6.91. The van der Waals surface area contributed by atoms with E-state index in [0.29, 0.717) is 12.2 Å². The summed E-state index contributed by atoms with van der Waals surface area (Å²) >= 11 is 11.6. The van der Waals surface area contributed by atoms with E-state index in [0.717, 1.165) is 0 Å². The molecule has 0 aliphatic heterocycles. The van der Waals surface area contributed by atoms with Crippen LogP contribution in [0.4, 0.5) is 10.1 Å². The molecule has 1 nitrogen and oxygen atoms in total. The molecule has 2 aromatic carbocycles. The Bertz CT molecular complexity index is 630. The van der Waals surface area contributed by atoms with Crippen LogP contribution in [0, 0.1) is 26.6 Å². The fourth-order valence-electron chi connectivity index (χ4n) is 2.07. The predicted octanol–water partition coefficient (Wildman–Crippen LogP) is 5.67. The Hall–Kier alpha value is -1.25. The van der Waals surface area contributed by atoms with Gasteiger partial charge in [-0.25, -0.2) is 4.39 Å². The molecular weight excluding hydrogens is 296 g/mol. The van der Waals surface area contributed by atoms with Crippen molar-refractivity contribution in [3.63, 3.8) is 0 Å². The molecule has 0 saturated carbocycles. The third-order valence-electron chi connectivity index (χ3n) is 3.42. The molecule has 2 aromatic rings. The zero-order chi connectivity index (χ0) is 14.9. The predicted molar refractivity (Wildman–Crippen MR) is 84.4 cm³/mol. The Morgan fingerprint density at radius 2 is 1.45 bits per heavy atom. The summed E-state index contributed by atoms with van der Waals surface area (Å²) in [5.74, 6) is -0.582. The molecule has 0 radical (unpaired) electrons. The monoisotopic (exact) mass is 311 g/mol. The molecule has 0 heterocycles. The number of anilines is 1. The van der Waals surface area contributed by atoms with Crippen LogP contribution in [0.1, 0.15) is 22.3 Å². The molecule has 1 N–H and O–H groups in total. The molecule has 0 amide bonds. The van der Waals surface area contributed by atoms with E-state index in [9.17, 15) is 4.39 Å². The molecule has 0 atom stereocenters. The lowest BCUT2D eigenvalue weighted by molar-refractivity contribution is 0.629. The van der Waals surface area contributed by atoms with Gasteiger partial charge < -0.3 is 5.32 Å². The maximum Gasteiger partial charge on any atom is 0.160 e. The van der Waals surface area contributed by atoms with Crippen LogP contribution in [0.3, 0.4) is 0 Å². The fourth-order valence-corrected chi connectivity index (χ4v) is 2.55. The highest BCUT2D eigenvalue weighted by atomic mass is 35.5. The lowest BCUT2D eigenvalue weighted by Gasteiger charge is -2.12. The minimum absolute atomic E-state index is 0.0248. The highest BCUT2D eigenvalue weighted by Crippen LogP contribution is 2.27. The number of benzene rings is 2. The van der Waals surface area contributed by atoms with Crippen molar-refractivity contribution in [3.8, 4) is 0 Å². The van der Waals surface area contributed by atoms with Crippen molar-refractivity contribution in [3.05, 3.63) is 62.4 Å². The first-order chi connectivity index (χ1) is 9.38. The van der Waals surface area contributed by atoms with Crippen LogP contribution in [0.5, 0.6) is 0 Å². The number of rotatable bonds is 3. The lowest BCUT2D eigenvalue weighted by Crippen LogP contribution is -2.03. The van der Waals surface area contributed by atoms with Crippen molar-refractivity contribution < 1.29 is 4.39 Å². The fraction of sp³-hybridized carbons (Fsp3) is 0.250. The van der Waals surface area contributed by atoms with Crippen LogP contribution < -0.4 is 5.32 Å². The van der Waals surface area contributed by atoms with E-state index in [4.69, 9.17) is 23.2 Å². The summed E-state index contributed by atoms with van der Waals surface area (Å²) in [6, 6.07) is 7.40. The average molecular weight is 312 g/mol. The van der Waals surface area contributed by atoms with Gasteiger partial charge in [0.1, 0.15) is 0 Å². The van der Waals surface area contributed by atoms with Crippen LogP contribution in [-0.2, 0) is 6.54 Å². The van der Waals surface area contributed by atoms with Gasteiger partial charge in [-0.3, -0.25) is 0 Å². The Morgan fingerprint density at radius 1 is 0.900 bits per heavy atom. The maximum atomic E-state index is 13.3. The summed E-state index contributed by atoms with van der Waals surface area (Å²) in [6.07, 6.45) is 0. The van der Waals surface area contributed by atoms with Crippen molar-refractivity contribution in [1.29, 1.82) is 0 Å². The zero-order valence-electron chi connectivity index (χ0n) is 11.7. The van der Waals surface area contributed by atoms with Crippen LogP contribution in [0.15, 0.2) is 24.3 Å². The zero-order valence-corrected chi connectivity index (χ0v) is 13.2. The highest BCUT2D eigenvalue weighted by Gasteiger charge is 2.08. The summed E-state index contributed by atoms with van der Waals surface area (Å²) in [5, 5.41) is 3.27. The molecule has 0 aliphatic carbocycles. The Balaban J connectivity index is 2.19. The van der Waals surface area contributed by atoms with Crippen molar-refractivity contribution in [2.45, 2.75) is 27.3 Å². The SMILES string of the molecule is Cc1cc(C)c(CNc2cc(Cl)c(F)c(Cl)c2)cc1C. The second kappa shape index (κ2) is 6.02. The van der Waals surface area contributed by atoms with Gasteiger partial charge in [-0.05, 0) is 55.2 Å². The van der Waals surface area contributed by atoms with Gasteiger partial charge >= 0.3 is 0 Å². The van der Waals surface area contributed by atoms with E-state index < -0.39 is 5.82 Å². The lowest BCUT2D eigenvalue weighted by atomic mass is 10.0. The molecule has 2 rings (SSSR count). The summed E-state index contributed by atoms with van der Waals surface area (Å²) in [5.41, 5.74) is 5.66. The minimum atomic E-state index is -0.582. The quantitative estimate of drug-likeness (QED) is 0.720. The average Bonchev–Trinajstić information content (AvgIpc) is 2.38. The van der Waals surface area contributed by atoms with Crippen molar-refractivity contribution in [2.75, 3.05) is 5.32 Å². The number of halogens is 3. The normalized spacial score (nSPS) is 10.7.